The number of amides is 1. The normalized spacial score (nSPS) is 37.8. The molecule has 1 rings (SSSR count). The van der Waals surface area contributed by atoms with Gasteiger partial charge in [-0.15, -0.1) is 0 Å². The average molecular weight is 143 g/mol. The summed E-state index contributed by atoms with van der Waals surface area (Å²) in [5.41, 5.74) is -1.41. The van der Waals surface area contributed by atoms with Crippen molar-refractivity contribution >= 4 is 5.91 Å². The molecule has 1 aliphatic rings. The van der Waals surface area contributed by atoms with Crippen LogP contribution >= 0.6 is 0 Å². The summed E-state index contributed by atoms with van der Waals surface area (Å²) in [5, 5.41) is 11.9. The number of hydrogen-bond donors (Lipinski definition) is 2. The standard InChI is InChI=1S/C7H13NO2/c1-6(2)4-7(3,10)8-5(6)9/h10H,4H2,1-3H3,(H,8,9)/t7-/m1/s1. The van der Waals surface area contributed by atoms with Gasteiger partial charge in [0.05, 0.1) is 0 Å². The third-order valence-corrected chi connectivity index (χ3v) is 1.78. The van der Waals surface area contributed by atoms with E-state index in [1.54, 1.807) is 6.92 Å². The van der Waals surface area contributed by atoms with E-state index in [9.17, 15) is 9.90 Å². The van der Waals surface area contributed by atoms with Gasteiger partial charge in [-0.1, -0.05) is 13.8 Å². The van der Waals surface area contributed by atoms with Crippen LogP contribution in [0.25, 0.3) is 0 Å². The first-order valence-electron chi connectivity index (χ1n) is 3.38. The van der Waals surface area contributed by atoms with Crippen molar-refractivity contribution in [2.45, 2.75) is 32.9 Å². The SMILES string of the molecule is CC1(C)C[C@@](C)(O)NC1=O. The molecule has 0 aliphatic carbocycles. The van der Waals surface area contributed by atoms with E-state index in [0.717, 1.165) is 0 Å². The second-order valence-corrected chi connectivity index (χ2v) is 3.79. The van der Waals surface area contributed by atoms with Gasteiger partial charge in [-0.2, -0.15) is 0 Å². The van der Waals surface area contributed by atoms with E-state index >= 15 is 0 Å². The molecule has 0 spiro atoms. The van der Waals surface area contributed by atoms with Crippen molar-refractivity contribution in [1.29, 1.82) is 0 Å². The molecule has 0 bridgehead atoms. The Balaban J connectivity index is 2.81. The second-order valence-electron chi connectivity index (χ2n) is 3.79. The Hall–Kier alpha value is -0.570. The molecule has 0 aromatic heterocycles. The molecule has 1 saturated heterocycles. The van der Waals surface area contributed by atoms with Crippen molar-refractivity contribution in [2.24, 2.45) is 5.41 Å². The molecule has 1 atom stereocenters. The maximum atomic E-state index is 11.0. The number of carbonyl (C=O) groups is 1. The summed E-state index contributed by atoms with van der Waals surface area (Å²) >= 11 is 0. The highest BCUT2D eigenvalue weighted by Gasteiger charge is 2.44. The van der Waals surface area contributed by atoms with E-state index in [1.165, 1.54) is 0 Å². The van der Waals surface area contributed by atoms with Crippen molar-refractivity contribution in [2.75, 3.05) is 0 Å². The molecular formula is C7H13NO2. The van der Waals surface area contributed by atoms with E-state index < -0.39 is 11.1 Å². The van der Waals surface area contributed by atoms with Crippen LogP contribution in [0.1, 0.15) is 27.2 Å². The number of carbonyl (C=O) groups excluding carboxylic acids is 1. The minimum Gasteiger partial charge on any atom is -0.371 e. The van der Waals surface area contributed by atoms with Gasteiger partial charge in [0.2, 0.25) is 5.91 Å². The Kier molecular flexibility index (Phi) is 1.30. The van der Waals surface area contributed by atoms with Crippen LogP contribution in [0.5, 0.6) is 0 Å². The maximum Gasteiger partial charge on any atom is 0.228 e. The Morgan fingerprint density at radius 1 is 1.50 bits per heavy atom. The topological polar surface area (TPSA) is 49.3 Å². The summed E-state index contributed by atoms with van der Waals surface area (Å²) in [6.07, 6.45) is 0.485. The summed E-state index contributed by atoms with van der Waals surface area (Å²) < 4.78 is 0. The molecule has 2 N–H and O–H groups in total. The van der Waals surface area contributed by atoms with Crippen LogP contribution in [0.2, 0.25) is 0 Å². The third kappa shape index (κ3) is 1.14. The minimum absolute atomic E-state index is 0.0718. The fourth-order valence-corrected chi connectivity index (χ4v) is 1.40. The highest BCUT2D eigenvalue weighted by atomic mass is 16.3. The maximum absolute atomic E-state index is 11.0. The molecule has 3 nitrogen and oxygen atoms in total. The lowest BCUT2D eigenvalue weighted by Crippen LogP contribution is -2.37. The first-order chi connectivity index (χ1) is 4.33. The van der Waals surface area contributed by atoms with Gasteiger partial charge in [-0.3, -0.25) is 4.79 Å². The molecule has 10 heavy (non-hydrogen) atoms. The molecule has 1 amide bonds. The van der Waals surface area contributed by atoms with Crippen LogP contribution in [0.15, 0.2) is 0 Å². The molecule has 1 heterocycles. The lowest BCUT2D eigenvalue weighted by atomic mass is 9.89. The van der Waals surface area contributed by atoms with Gasteiger partial charge in [0.15, 0.2) is 0 Å². The Morgan fingerprint density at radius 2 is 2.00 bits per heavy atom. The van der Waals surface area contributed by atoms with E-state index in [4.69, 9.17) is 0 Å². The van der Waals surface area contributed by atoms with E-state index in [1.807, 2.05) is 13.8 Å². The van der Waals surface area contributed by atoms with Crippen molar-refractivity contribution in [1.82, 2.24) is 5.32 Å². The molecule has 0 radical (unpaired) electrons. The molecule has 1 fully saturated rings. The monoisotopic (exact) mass is 143 g/mol. The van der Waals surface area contributed by atoms with Crippen molar-refractivity contribution in [3.05, 3.63) is 0 Å². The molecule has 0 saturated carbocycles. The Bertz CT molecular complexity index is 172. The fraction of sp³-hybridized carbons (Fsp3) is 0.857. The van der Waals surface area contributed by atoms with E-state index in [0.29, 0.717) is 6.42 Å². The lowest BCUT2D eigenvalue weighted by molar-refractivity contribution is -0.127. The highest BCUT2D eigenvalue weighted by Crippen LogP contribution is 2.32. The number of nitrogens with one attached hydrogen (secondary N) is 1. The largest absolute Gasteiger partial charge is 0.371 e. The minimum atomic E-state index is -0.999. The predicted octanol–water partition coefficient (Wildman–Crippen LogP) is 0.241. The molecule has 0 unspecified atom stereocenters. The molecule has 3 heteroatoms. The number of aliphatic hydroxyl groups is 1. The van der Waals surface area contributed by atoms with Gasteiger partial charge in [-0.05, 0) is 6.92 Å². The molecule has 58 valence electrons. The number of rotatable bonds is 0. The predicted molar refractivity (Wildman–Crippen MR) is 37.2 cm³/mol. The third-order valence-electron chi connectivity index (χ3n) is 1.78. The summed E-state index contributed by atoms with van der Waals surface area (Å²) in [6.45, 7) is 5.26. The van der Waals surface area contributed by atoms with Crippen LogP contribution in [0, 0.1) is 5.41 Å². The smallest absolute Gasteiger partial charge is 0.228 e. The van der Waals surface area contributed by atoms with Gasteiger partial charge < -0.3 is 10.4 Å². The van der Waals surface area contributed by atoms with Gasteiger partial charge in [0.1, 0.15) is 5.72 Å². The van der Waals surface area contributed by atoms with E-state index in [2.05, 4.69) is 5.32 Å². The Morgan fingerprint density at radius 3 is 2.10 bits per heavy atom. The highest BCUT2D eigenvalue weighted by molar-refractivity contribution is 5.84. The van der Waals surface area contributed by atoms with Crippen molar-refractivity contribution in [3.8, 4) is 0 Å². The van der Waals surface area contributed by atoms with Crippen LogP contribution in [-0.2, 0) is 4.79 Å². The quantitative estimate of drug-likeness (QED) is 0.510. The fourth-order valence-electron chi connectivity index (χ4n) is 1.40. The van der Waals surface area contributed by atoms with Gasteiger partial charge >= 0.3 is 0 Å². The summed E-state index contributed by atoms with van der Waals surface area (Å²) in [6, 6.07) is 0. The van der Waals surface area contributed by atoms with E-state index in [-0.39, 0.29) is 5.91 Å². The Labute approximate surface area is 60.4 Å². The summed E-state index contributed by atoms with van der Waals surface area (Å²) in [4.78, 5) is 11.0. The zero-order valence-corrected chi connectivity index (χ0v) is 6.56. The zero-order valence-electron chi connectivity index (χ0n) is 6.56. The molecule has 0 aromatic carbocycles. The van der Waals surface area contributed by atoms with Crippen LogP contribution < -0.4 is 5.32 Å². The van der Waals surface area contributed by atoms with Crippen LogP contribution in [-0.4, -0.2) is 16.7 Å². The molecular weight excluding hydrogens is 130 g/mol. The van der Waals surface area contributed by atoms with Crippen molar-refractivity contribution < 1.29 is 9.90 Å². The van der Waals surface area contributed by atoms with Crippen LogP contribution in [0.3, 0.4) is 0 Å². The molecule has 0 aromatic rings. The van der Waals surface area contributed by atoms with Crippen LogP contribution in [0.4, 0.5) is 0 Å². The summed E-state index contributed by atoms with van der Waals surface area (Å²) in [7, 11) is 0. The summed E-state index contributed by atoms with van der Waals surface area (Å²) in [5.74, 6) is -0.0718. The second kappa shape index (κ2) is 1.72. The first kappa shape index (κ1) is 7.54. The first-order valence-corrected chi connectivity index (χ1v) is 3.38. The van der Waals surface area contributed by atoms with Gasteiger partial charge in [0, 0.05) is 11.8 Å². The molecule has 1 aliphatic heterocycles. The lowest BCUT2D eigenvalue weighted by Gasteiger charge is -2.16. The van der Waals surface area contributed by atoms with Crippen molar-refractivity contribution in [3.63, 3.8) is 0 Å². The van der Waals surface area contributed by atoms with Gasteiger partial charge in [-0.25, -0.2) is 0 Å². The number of hydrogen-bond acceptors (Lipinski definition) is 2. The van der Waals surface area contributed by atoms with Gasteiger partial charge in [0.25, 0.3) is 0 Å². The zero-order chi connectivity index (χ0) is 7.99. The average Bonchev–Trinajstić information content (AvgIpc) is 1.73.